The first-order valence-corrected chi connectivity index (χ1v) is 9.68. The highest BCUT2D eigenvalue weighted by atomic mass is 32.2. The number of benzene rings is 1. The molecule has 0 spiro atoms. The van der Waals surface area contributed by atoms with Crippen molar-refractivity contribution in [2.24, 2.45) is 5.92 Å². The predicted octanol–water partition coefficient (Wildman–Crippen LogP) is 3.80. The van der Waals surface area contributed by atoms with Crippen LogP contribution in [0.2, 0.25) is 0 Å². The molecule has 2 nitrogen and oxygen atoms in total. The van der Waals surface area contributed by atoms with Crippen molar-refractivity contribution >= 4 is 10.8 Å². The molecule has 2 rings (SSSR count). The molecule has 4 atom stereocenters. The molecule has 1 aromatic carbocycles. The largest absolute Gasteiger partial charge is 0.313 e. The van der Waals surface area contributed by atoms with Crippen molar-refractivity contribution in [3.8, 4) is 0 Å². The lowest BCUT2D eigenvalue weighted by molar-refractivity contribution is 0.294. The highest BCUT2D eigenvalue weighted by molar-refractivity contribution is 7.84. The fourth-order valence-corrected chi connectivity index (χ4v) is 5.25. The molecule has 1 aliphatic carbocycles. The molecule has 0 aliphatic heterocycles. The first kappa shape index (κ1) is 16.7. The van der Waals surface area contributed by atoms with Crippen LogP contribution >= 0.6 is 0 Å². The first-order chi connectivity index (χ1) is 10.1. The Hall–Kier alpha value is -0.670. The van der Waals surface area contributed by atoms with Crippen molar-refractivity contribution in [2.45, 2.75) is 63.5 Å². The summed E-state index contributed by atoms with van der Waals surface area (Å²) in [6, 6.07) is 8.87. The molecule has 21 heavy (non-hydrogen) atoms. The number of hydrogen-bond acceptors (Lipinski definition) is 2. The summed E-state index contributed by atoms with van der Waals surface area (Å²) in [7, 11) is -0.782. The SMILES string of the molecule is CCNC1CCC(CC)CC1S(=O)Cc1cccc(C)c1. The van der Waals surface area contributed by atoms with Gasteiger partial charge in [-0.1, -0.05) is 50.1 Å². The summed E-state index contributed by atoms with van der Waals surface area (Å²) in [4.78, 5) is 0. The van der Waals surface area contributed by atoms with Crippen LogP contribution in [0.25, 0.3) is 0 Å². The predicted molar refractivity (Wildman–Crippen MR) is 91.9 cm³/mol. The minimum Gasteiger partial charge on any atom is -0.313 e. The highest BCUT2D eigenvalue weighted by Gasteiger charge is 2.33. The Labute approximate surface area is 132 Å². The van der Waals surface area contributed by atoms with Crippen LogP contribution in [0.5, 0.6) is 0 Å². The molecule has 0 radical (unpaired) electrons. The van der Waals surface area contributed by atoms with Gasteiger partial charge >= 0.3 is 0 Å². The van der Waals surface area contributed by atoms with Crippen LogP contribution in [0.3, 0.4) is 0 Å². The molecule has 1 saturated carbocycles. The molecule has 3 heteroatoms. The molecule has 1 N–H and O–H groups in total. The third-order valence-electron chi connectivity index (χ3n) is 4.67. The van der Waals surface area contributed by atoms with Gasteiger partial charge in [-0.3, -0.25) is 4.21 Å². The van der Waals surface area contributed by atoms with E-state index in [1.54, 1.807) is 0 Å². The smallest absolute Gasteiger partial charge is 0.0507 e. The molecule has 118 valence electrons. The Bertz CT molecular complexity index is 474. The van der Waals surface area contributed by atoms with Crippen LogP contribution in [0.4, 0.5) is 0 Å². The minimum absolute atomic E-state index is 0.309. The zero-order valence-electron chi connectivity index (χ0n) is 13.6. The second kappa shape index (κ2) is 8.09. The van der Waals surface area contributed by atoms with Gasteiger partial charge in [-0.05, 0) is 44.2 Å². The maximum atomic E-state index is 12.9. The highest BCUT2D eigenvalue weighted by Crippen LogP contribution is 2.31. The second-order valence-corrected chi connectivity index (χ2v) is 7.96. The molecule has 0 saturated heterocycles. The number of hydrogen-bond donors (Lipinski definition) is 1. The zero-order chi connectivity index (χ0) is 15.2. The van der Waals surface area contributed by atoms with E-state index in [9.17, 15) is 4.21 Å². The van der Waals surface area contributed by atoms with Crippen molar-refractivity contribution in [3.05, 3.63) is 35.4 Å². The Kier molecular flexibility index (Phi) is 6.43. The monoisotopic (exact) mass is 307 g/mol. The summed E-state index contributed by atoms with van der Waals surface area (Å²) >= 11 is 0. The Morgan fingerprint density at radius 1 is 1.29 bits per heavy atom. The van der Waals surface area contributed by atoms with Crippen LogP contribution in [0.15, 0.2) is 24.3 Å². The van der Waals surface area contributed by atoms with Crippen LogP contribution in [-0.4, -0.2) is 22.0 Å². The molecule has 0 bridgehead atoms. The van der Waals surface area contributed by atoms with Crippen molar-refractivity contribution < 1.29 is 4.21 Å². The maximum Gasteiger partial charge on any atom is 0.0507 e. The average molecular weight is 308 g/mol. The summed E-state index contributed by atoms with van der Waals surface area (Å²) in [5.74, 6) is 1.45. The zero-order valence-corrected chi connectivity index (χ0v) is 14.4. The quantitative estimate of drug-likeness (QED) is 0.866. The Morgan fingerprint density at radius 2 is 2.10 bits per heavy atom. The molecule has 0 amide bonds. The topological polar surface area (TPSA) is 29.1 Å². The number of aryl methyl sites for hydroxylation is 1. The fourth-order valence-electron chi connectivity index (χ4n) is 3.44. The van der Waals surface area contributed by atoms with Crippen molar-refractivity contribution in [1.82, 2.24) is 5.32 Å². The van der Waals surface area contributed by atoms with Crippen LogP contribution in [0.1, 0.15) is 50.7 Å². The van der Waals surface area contributed by atoms with Crippen molar-refractivity contribution in [1.29, 1.82) is 0 Å². The second-order valence-electron chi connectivity index (χ2n) is 6.30. The molecular formula is C18H29NOS. The molecule has 1 fully saturated rings. The van der Waals surface area contributed by atoms with E-state index in [1.807, 2.05) is 0 Å². The summed E-state index contributed by atoms with van der Waals surface area (Å²) in [5.41, 5.74) is 2.46. The van der Waals surface area contributed by atoms with Gasteiger partial charge in [0, 0.05) is 22.6 Å². The van der Waals surface area contributed by atoms with Gasteiger partial charge in [0.05, 0.1) is 5.25 Å². The van der Waals surface area contributed by atoms with E-state index in [2.05, 4.69) is 50.4 Å². The van der Waals surface area contributed by atoms with E-state index in [-0.39, 0.29) is 0 Å². The summed E-state index contributed by atoms with van der Waals surface area (Å²) in [5, 5.41) is 3.87. The Balaban J connectivity index is 2.06. The normalized spacial score (nSPS) is 27.5. The van der Waals surface area contributed by atoms with Gasteiger partial charge in [-0.25, -0.2) is 0 Å². The third-order valence-corrected chi connectivity index (χ3v) is 6.49. The lowest BCUT2D eigenvalue weighted by Gasteiger charge is -2.35. The molecular weight excluding hydrogens is 278 g/mol. The molecule has 1 aromatic rings. The maximum absolute atomic E-state index is 12.9. The molecule has 0 aromatic heterocycles. The van der Waals surface area contributed by atoms with E-state index in [0.717, 1.165) is 18.9 Å². The average Bonchev–Trinajstić information content (AvgIpc) is 2.48. The number of nitrogens with one attached hydrogen (secondary N) is 1. The van der Waals surface area contributed by atoms with Crippen LogP contribution in [0, 0.1) is 12.8 Å². The van der Waals surface area contributed by atoms with Gasteiger partial charge in [0.25, 0.3) is 0 Å². The van der Waals surface area contributed by atoms with Gasteiger partial charge in [0.15, 0.2) is 0 Å². The summed E-state index contributed by atoms with van der Waals surface area (Å²) in [6.07, 6.45) is 4.80. The van der Waals surface area contributed by atoms with E-state index >= 15 is 0 Å². The van der Waals surface area contributed by atoms with Gasteiger partial charge in [0.1, 0.15) is 0 Å². The fraction of sp³-hybridized carbons (Fsp3) is 0.667. The number of rotatable bonds is 6. The molecule has 1 aliphatic rings. The lowest BCUT2D eigenvalue weighted by atomic mass is 9.84. The van der Waals surface area contributed by atoms with E-state index in [1.165, 1.54) is 30.4 Å². The van der Waals surface area contributed by atoms with Gasteiger partial charge in [0.2, 0.25) is 0 Å². The van der Waals surface area contributed by atoms with Crippen molar-refractivity contribution in [3.63, 3.8) is 0 Å². The standard InChI is InChI=1S/C18H29NOS/c1-4-15-9-10-17(19-5-2)18(12-15)21(20)13-16-8-6-7-14(3)11-16/h6-8,11,15,17-19H,4-5,9-10,12-13H2,1-3H3. The van der Waals surface area contributed by atoms with E-state index in [4.69, 9.17) is 0 Å². The first-order valence-electron chi connectivity index (χ1n) is 8.30. The van der Waals surface area contributed by atoms with E-state index < -0.39 is 10.8 Å². The van der Waals surface area contributed by atoms with Crippen LogP contribution in [-0.2, 0) is 16.6 Å². The summed E-state index contributed by atoms with van der Waals surface area (Å²) < 4.78 is 12.9. The lowest BCUT2D eigenvalue weighted by Crippen LogP contribution is -2.46. The van der Waals surface area contributed by atoms with Gasteiger partial charge in [-0.2, -0.15) is 0 Å². The minimum atomic E-state index is -0.782. The van der Waals surface area contributed by atoms with Gasteiger partial charge < -0.3 is 5.32 Å². The third kappa shape index (κ3) is 4.65. The van der Waals surface area contributed by atoms with Crippen LogP contribution < -0.4 is 5.32 Å². The van der Waals surface area contributed by atoms with Gasteiger partial charge in [-0.15, -0.1) is 0 Å². The summed E-state index contributed by atoms with van der Waals surface area (Å²) in [6.45, 7) is 7.48. The van der Waals surface area contributed by atoms with Crippen molar-refractivity contribution in [2.75, 3.05) is 6.54 Å². The molecule has 4 unspecified atom stereocenters. The van der Waals surface area contributed by atoms with E-state index in [0.29, 0.717) is 17.0 Å². The Morgan fingerprint density at radius 3 is 2.76 bits per heavy atom. The molecule has 0 heterocycles.